The van der Waals surface area contributed by atoms with Crippen LogP contribution in [0, 0.1) is 0 Å². The van der Waals surface area contributed by atoms with Crippen molar-refractivity contribution in [3.63, 3.8) is 0 Å². The van der Waals surface area contributed by atoms with E-state index in [0.29, 0.717) is 18.5 Å². The molecule has 0 radical (unpaired) electrons. The number of carbonyl (C=O) groups is 1. The molecule has 0 spiro atoms. The normalized spacial score (nSPS) is 20.4. The Bertz CT molecular complexity index is 773. The second-order valence-electron chi connectivity index (χ2n) is 8.01. The first-order chi connectivity index (χ1) is 12.8. The largest absolute Gasteiger partial charge is 0.324 e. The Hall–Kier alpha value is -1.15. The molecular formula is C20H32ClN3O3S. The Labute approximate surface area is 174 Å². The number of amides is 1. The number of rotatable bonds is 5. The number of hydrogen-bond donors (Lipinski definition) is 2. The number of nitrogens with two attached hydrogens (primary N) is 1. The highest BCUT2D eigenvalue weighted by molar-refractivity contribution is 7.89. The smallest absolute Gasteiger partial charge is 0.244 e. The molecule has 2 saturated carbocycles. The van der Waals surface area contributed by atoms with Gasteiger partial charge in [0, 0.05) is 18.8 Å². The van der Waals surface area contributed by atoms with Crippen LogP contribution in [0.2, 0.25) is 0 Å². The van der Waals surface area contributed by atoms with Gasteiger partial charge in [-0.1, -0.05) is 44.6 Å². The summed E-state index contributed by atoms with van der Waals surface area (Å²) < 4.78 is 27.5. The van der Waals surface area contributed by atoms with Gasteiger partial charge >= 0.3 is 0 Å². The zero-order valence-corrected chi connectivity index (χ0v) is 18.2. The summed E-state index contributed by atoms with van der Waals surface area (Å²) in [5.74, 6) is -0.225. The molecule has 1 amide bonds. The summed E-state index contributed by atoms with van der Waals surface area (Å²) in [6, 6.07) is 6.56. The zero-order chi connectivity index (χ0) is 19.5. The van der Waals surface area contributed by atoms with E-state index in [1.807, 2.05) is 0 Å². The van der Waals surface area contributed by atoms with E-state index in [1.54, 1.807) is 31.3 Å². The molecule has 6 nitrogen and oxygen atoms in total. The number of nitrogens with zero attached hydrogens (tertiary/aromatic N) is 1. The predicted octanol–water partition coefficient (Wildman–Crippen LogP) is 3.66. The quantitative estimate of drug-likeness (QED) is 0.746. The second-order valence-corrected chi connectivity index (χ2v) is 10.0. The van der Waals surface area contributed by atoms with Crippen LogP contribution >= 0.6 is 12.4 Å². The molecular weight excluding hydrogens is 398 g/mol. The minimum absolute atomic E-state index is 0. The molecule has 28 heavy (non-hydrogen) atoms. The Morgan fingerprint density at radius 3 is 2.36 bits per heavy atom. The molecule has 2 aliphatic carbocycles. The first-order valence-electron chi connectivity index (χ1n) is 10.0. The summed E-state index contributed by atoms with van der Waals surface area (Å²) in [4.78, 5) is 12.8. The Morgan fingerprint density at radius 2 is 1.71 bits per heavy atom. The maximum Gasteiger partial charge on any atom is 0.244 e. The highest BCUT2D eigenvalue weighted by Crippen LogP contribution is 2.29. The molecule has 0 unspecified atom stereocenters. The maximum atomic E-state index is 13.0. The molecule has 3 rings (SSSR count). The number of nitrogens with one attached hydrogen (secondary N) is 1. The Kier molecular flexibility index (Phi) is 7.90. The van der Waals surface area contributed by atoms with E-state index in [-0.39, 0.29) is 29.3 Å². The van der Waals surface area contributed by atoms with Crippen molar-refractivity contribution >= 4 is 34.0 Å². The van der Waals surface area contributed by atoms with E-state index in [1.165, 1.54) is 10.7 Å². The van der Waals surface area contributed by atoms with Crippen LogP contribution in [0.25, 0.3) is 0 Å². The fourth-order valence-corrected chi connectivity index (χ4v) is 5.67. The van der Waals surface area contributed by atoms with Crippen LogP contribution in [0.4, 0.5) is 5.69 Å². The highest BCUT2D eigenvalue weighted by atomic mass is 35.5. The fourth-order valence-electron chi connectivity index (χ4n) is 4.21. The SMILES string of the molecule is CN(C1CCCCC1)S(=O)(=O)c1cccc(NC(=O)C2(N)CCCCC2)c1.Cl. The third-order valence-electron chi connectivity index (χ3n) is 6.06. The zero-order valence-electron chi connectivity index (χ0n) is 16.5. The summed E-state index contributed by atoms with van der Waals surface area (Å²) in [5.41, 5.74) is 5.91. The standard InChI is InChI=1S/C20H31N3O3S.ClH/c1-23(17-10-4-2-5-11-17)27(25,26)18-12-8-9-16(15-18)22-19(24)20(21)13-6-3-7-14-20;/h8-9,12,15,17H,2-7,10-11,13-14,21H2,1H3,(H,22,24);1H. The van der Waals surface area contributed by atoms with E-state index in [9.17, 15) is 13.2 Å². The molecule has 0 atom stereocenters. The monoisotopic (exact) mass is 429 g/mol. The van der Waals surface area contributed by atoms with Gasteiger partial charge in [-0.15, -0.1) is 12.4 Å². The predicted molar refractivity (Wildman–Crippen MR) is 114 cm³/mol. The minimum atomic E-state index is -3.59. The Morgan fingerprint density at radius 1 is 1.11 bits per heavy atom. The molecule has 1 aromatic rings. The summed E-state index contributed by atoms with van der Waals surface area (Å²) in [5, 5.41) is 2.84. The van der Waals surface area contributed by atoms with Gasteiger partial charge in [-0.3, -0.25) is 4.79 Å². The van der Waals surface area contributed by atoms with Crippen LogP contribution in [0.1, 0.15) is 64.2 Å². The van der Waals surface area contributed by atoms with Crippen molar-refractivity contribution in [2.24, 2.45) is 5.73 Å². The van der Waals surface area contributed by atoms with Crippen LogP contribution < -0.4 is 11.1 Å². The molecule has 0 heterocycles. The van der Waals surface area contributed by atoms with Crippen LogP contribution in [0.15, 0.2) is 29.2 Å². The molecule has 158 valence electrons. The first-order valence-corrected chi connectivity index (χ1v) is 11.5. The summed E-state index contributed by atoms with van der Waals surface area (Å²) in [7, 11) is -1.93. The van der Waals surface area contributed by atoms with Crippen molar-refractivity contribution in [3.8, 4) is 0 Å². The number of benzene rings is 1. The molecule has 0 aromatic heterocycles. The summed E-state index contributed by atoms with van der Waals surface area (Å²) in [6.07, 6.45) is 9.46. The topological polar surface area (TPSA) is 92.5 Å². The van der Waals surface area contributed by atoms with Gasteiger partial charge in [0.2, 0.25) is 15.9 Å². The van der Waals surface area contributed by atoms with Crippen molar-refractivity contribution in [2.45, 2.75) is 80.7 Å². The van der Waals surface area contributed by atoms with E-state index in [0.717, 1.165) is 44.9 Å². The van der Waals surface area contributed by atoms with Crippen LogP contribution in [-0.2, 0) is 14.8 Å². The second kappa shape index (κ2) is 9.57. The van der Waals surface area contributed by atoms with E-state index in [4.69, 9.17) is 5.73 Å². The molecule has 2 fully saturated rings. The lowest BCUT2D eigenvalue weighted by Gasteiger charge is -2.32. The molecule has 3 N–H and O–H groups in total. The molecule has 2 aliphatic rings. The fraction of sp³-hybridized carbons (Fsp3) is 0.650. The number of carbonyl (C=O) groups excluding carboxylic acids is 1. The van der Waals surface area contributed by atoms with Crippen LogP contribution in [-0.4, -0.2) is 37.3 Å². The van der Waals surface area contributed by atoms with Gasteiger partial charge in [-0.25, -0.2) is 8.42 Å². The average Bonchev–Trinajstić information content (AvgIpc) is 2.69. The average molecular weight is 430 g/mol. The van der Waals surface area contributed by atoms with Gasteiger partial charge in [-0.05, 0) is 43.9 Å². The number of halogens is 1. The van der Waals surface area contributed by atoms with E-state index >= 15 is 0 Å². The summed E-state index contributed by atoms with van der Waals surface area (Å²) in [6.45, 7) is 0. The number of hydrogen-bond acceptors (Lipinski definition) is 4. The van der Waals surface area contributed by atoms with Gasteiger partial charge < -0.3 is 11.1 Å². The minimum Gasteiger partial charge on any atom is -0.324 e. The third kappa shape index (κ3) is 5.06. The third-order valence-corrected chi connectivity index (χ3v) is 7.96. The van der Waals surface area contributed by atoms with Crippen molar-refractivity contribution < 1.29 is 13.2 Å². The molecule has 0 bridgehead atoms. The van der Waals surface area contributed by atoms with Crippen molar-refractivity contribution in [2.75, 3.05) is 12.4 Å². The van der Waals surface area contributed by atoms with E-state index < -0.39 is 15.6 Å². The van der Waals surface area contributed by atoms with Crippen LogP contribution in [0.5, 0.6) is 0 Å². The highest BCUT2D eigenvalue weighted by Gasteiger charge is 2.35. The number of sulfonamides is 1. The maximum absolute atomic E-state index is 13.0. The number of anilines is 1. The van der Waals surface area contributed by atoms with Crippen molar-refractivity contribution in [3.05, 3.63) is 24.3 Å². The van der Waals surface area contributed by atoms with Gasteiger partial charge in [0.05, 0.1) is 10.4 Å². The Balaban J connectivity index is 0.00000280. The molecule has 0 saturated heterocycles. The van der Waals surface area contributed by atoms with Gasteiger partial charge in [0.1, 0.15) is 0 Å². The summed E-state index contributed by atoms with van der Waals surface area (Å²) >= 11 is 0. The lowest BCUT2D eigenvalue weighted by molar-refractivity contribution is -0.122. The lowest BCUT2D eigenvalue weighted by Crippen LogP contribution is -2.52. The molecule has 0 aliphatic heterocycles. The van der Waals surface area contributed by atoms with E-state index in [2.05, 4.69) is 5.32 Å². The first kappa shape index (κ1) is 23.1. The lowest BCUT2D eigenvalue weighted by atomic mass is 9.82. The van der Waals surface area contributed by atoms with Gasteiger partial charge in [-0.2, -0.15) is 4.31 Å². The molecule has 8 heteroatoms. The van der Waals surface area contributed by atoms with Gasteiger partial charge in [0.25, 0.3) is 0 Å². The van der Waals surface area contributed by atoms with Crippen LogP contribution in [0.3, 0.4) is 0 Å². The van der Waals surface area contributed by atoms with Crippen molar-refractivity contribution in [1.29, 1.82) is 0 Å². The van der Waals surface area contributed by atoms with Crippen molar-refractivity contribution in [1.82, 2.24) is 4.31 Å². The van der Waals surface area contributed by atoms with Gasteiger partial charge in [0.15, 0.2) is 0 Å². The molecule has 1 aromatic carbocycles.